The van der Waals surface area contributed by atoms with E-state index in [0.717, 1.165) is 0 Å². The number of hydrogen-bond donors (Lipinski definition) is 0. The fraction of sp³-hybridized carbons (Fsp3) is 0.429. The van der Waals surface area contributed by atoms with Crippen molar-refractivity contribution in [3.8, 4) is 0 Å². The molecule has 0 aromatic rings. The van der Waals surface area contributed by atoms with Crippen molar-refractivity contribution in [3.63, 3.8) is 0 Å². The topological polar surface area (TPSA) is 9.23 Å². The minimum atomic E-state index is 1.20. The third-order valence-electron chi connectivity index (χ3n) is 2.87. The van der Waals surface area contributed by atoms with E-state index in [1.165, 1.54) is 49.7 Å². The molecule has 0 aromatic heterocycles. The number of hydrogen-bond acceptors (Lipinski definition) is 1. The molecule has 0 saturated carbocycles. The smallest absolute Gasteiger partial charge is 0.0904 e. The van der Waals surface area contributed by atoms with Crippen molar-refractivity contribution in [2.24, 2.45) is 0 Å². The first kappa shape index (κ1) is 10.3. The van der Waals surface area contributed by atoms with Crippen LogP contribution in [0.3, 0.4) is 0 Å². The van der Waals surface area contributed by atoms with Crippen molar-refractivity contribution in [2.45, 2.75) is 38.5 Å². The molecule has 0 unspecified atom stereocenters. The summed E-state index contributed by atoms with van der Waals surface area (Å²) in [4.78, 5) is 0. The molecular weight excluding hydrogens is 184 g/mol. The van der Waals surface area contributed by atoms with E-state index in [2.05, 4.69) is 24.3 Å². The van der Waals surface area contributed by atoms with Gasteiger partial charge in [0.05, 0.1) is 12.5 Å². The van der Waals surface area contributed by atoms with Gasteiger partial charge in [-0.05, 0) is 61.8 Å². The van der Waals surface area contributed by atoms with Crippen molar-refractivity contribution < 1.29 is 4.74 Å². The van der Waals surface area contributed by atoms with E-state index >= 15 is 0 Å². The molecule has 0 saturated heterocycles. The van der Waals surface area contributed by atoms with Crippen molar-refractivity contribution in [1.29, 1.82) is 0 Å². The van der Waals surface area contributed by atoms with E-state index in [-0.39, 0.29) is 0 Å². The lowest BCUT2D eigenvalue weighted by Crippen LogP contribution is -1.73. The first-order valence-electron chi connectivity index (χ1n) is 5.82. The summed E-state index contributed by atoms with van der Waals surface area (Å²) in [6, 6.07) is 0. The number of ether oxygens (including phenoxy) is 1. The fourth-order valence-corrected chi connectivity index (χ4v) is 1.99. The van der Waals surface area contributed by atoms with Gasteiger partial charge in [-0.2, -0.15) is 0 Å². The van der Waals surface area contributed by atoms with Crippen LogP contribution in [0, 0.1) is 0 Å². The number of rotatable bonds is 4. The highest BCUT2D eigenvalue weighted by Crippen LogP contribution is 2.19. The maximum Gasteiger partial charge on any atom is 0.0904 e. The Hall–Kier alpha value is -1.24. The lowest BCUT2D eigenvalue weighted by Gasteiger charge is -1.93. The second-order valence-corrected chi connectivity index (χ2v) is 4.08. The Morgan fingerprint density at radius 2 is 1.40 bits per heavy atom. The van der Waals surface area contributed by atoms with Gasteiger partial charge in [-0.25, -0.2) is 0 Å². The van der Waals surface area contributed by atoms with Crippen LogP contribution in [-0.2, 0) is 4.74 Å². The molecule has 80 valence electrons. The molecule has 0 bridgehead atoms. The summed E-state index contributed by atoms with van der Waals surface area (Å²) in [5.74, 6) is 0. The molecule has 15 heavy (non-hydrogen) atoms. The molecule has 1 heteroatoms. The molecule has 0 fully saturated rings. The largest absolute Gasteiger partial charge is 0.473 e. The zero-order chi connectivity index (χ0) is 10.3. The standard InChI is InChI=1S/C14H18O/c1-2-6-13(5-1)9-11-15-12-10-14-7-3-4-8-14/h5,7,9-12H,1-4,6,8H2. The van der Waals surface area contributed by atoms with E-state index in [9.17, 15) is 0 Å². The first-order chi connectivity index (χ1) is 7.45. The molecule has 1 nitrogen and oxygen atoms in total. The predicted molar refractivity (Wildman–Crippen MR) is 63.2 cm³/mol. The van der Waals surface area contributed by atoms with Gasteiger partial charge in [-0.15, -0.1) is 0 Å². The van der Waals surface area contributed by atoms with Crippen molar-refractivity contribution >= 4 is 0 Å². The first-order valence-corrected chi connectivity index (χ1v) is 5.82. The Bertz CT molecular complexity index is 286. The minimum Gasteiger partial charge on any atom is -0.473 e. The highest BCUT2D eigenvalue weighted by Gasteiger charge is 2.00. The highest BCUT2D eigenvalue weighted by atomic mass is 16.5. The van der Waals surface area contributed by atoms with E-state index in [1.807, 2.05) is 0 Å². The van der Waals surface area contributed by atoms with Crippen LogP contribution >= 0.6 is 0 Å². The molecule has 2 aliphatic carbocycles. The molecular formula is C14H18O. The Morgan fingerprint density at radius 3 is 1.80 bits per heavy atom. The average Bonchev–Trinajstić information content (AvgIpc) is 2.88. The fourth-order valence-electron chi connectivity index (χ4n) is 1.99. The van der Waals surface area contributed by atoms with Crippen molar-refractivity contribution in [1.82, 2.24) is 0 Å². The Balaban J connectivity index is 1.69. The van der Waals surface area contributed by atoms with Gasteiger partial charge < -0.3 is 4.74 Å². The normalized spacial score (nSPS) is 21.3. The van der Waals surface area contributed by atoms with Crippen molar-refractivity contribution in [2.75, 3.05) is 0 Å². The van der Waals surface area contributed by atoms with Gasteiger partial charge >= 0.3 is 0 Å². The average molecular weight is 202 g/mol. The summed E-state index contributed by atoms with van der Waals surface area (Å²) in [5, 5.41) is 0. The molecule has 0 atom stereocenters. The van der Waals surface area contributed by atoms with E-state index in [1.54, 1.807) is 12.5 Å². The summed E-state index contributed by atoms with van der Waals surface area (Å²) in [6.07, 6.45) is 19.7. The summed E-state index contributed by atoms with van der Waals surface area (Å²) in [7, 11) is 0. The lowest BCUT2D eigenvalue weighted by atomic mass is 10.2. The Labute approximate surface area is 91.8 Å². The van der Waals surface area contributed by atoms with Gasteiger partial charge in [0.15, 0.2) is 0 Å². The molecule has 0 aliphatic heterocycles. The molecule has 0 spiro atoms. The summed E-state index contributed by atoms with van der Waals surface area (Å²) < 4.78 is 5.31. The second-order valence-electron chi connectivity index (χ2n) is 4.08. The van der Waals surface area contributed by atoms with Gasteiger partial charge in [0.25, 0.3) is 0 Å². The summed E-state index contributed by atoms with van der Waals surface area (Å²) >= 11 is 0. The van der Waals surface area contributed by atoms with Crippen LogP contribution < -0.4 is 0 Å². The SMILES string of the molecule is C(=CC1=CCCC1)OC=CC1=CCCC1. The van der Waals surface area contributed by atoms with E-state index < -0.39 is 0 Å². The van der Waals surface area contributed by atoms with Crippen LogP contribution in [0.4, 0.5) is 0 Å². The molecule has 0 aromatic carbocycles. The van der Waals surface area contributed by atoms with Gasteiger partial charge in [0.1, 0.15) is 0 Å². The van der Waals surface area contributed by atoms with Crippen LogP contribution in [0.2, 0.25) is 0 Å². The maximum atomic E-state index is 5.31. The van der Waals surface area contributed by atoms with Gasteiger partial charge in [-0.1, -0.05) is 12.2 Å². The maximum absolute atomic E-state index is 5.31. The van der Waals surface area contributed by atoms with Crippen LogP contribution in [0.1, 0.15) is 38.5 Å². The van der Waals surface area contributed by atoms with Gasteiger partial charge in [0.2, 0.25) is 0 Å². The molecule has 0 N–H and O–H groups in total. The second kappa shape index (κ2) is 5.59. The molecule has 0 radical (unpaired) electrons. The van der Waals surface area contributed by atoms with Crippen molar-refractivity contribution in [3.05, 3.63) is 48.0 Å². The van der Waals surface area contributed by atoms with Crippen LogP contribution in [0.15, 0.2) is 48.0 Å². The molecule has 2 rings (SSSR count). The highest BCUT2D eigenvalue weighted by molar-refractivity contribution is 5.22. The lowest BCUT2D eigenvalue weighted by molar-refractivity contribution is 0.402. The monoisotopic (exact) mass is 202 g/mol. The third kappa shape index (κ3) is 3.43. The van der Waals surface area contributed by atoms with E-state index in [4.69, 9.17) is 4.74 Å². The molecule has 0 amide bonds. The van der Waals surface area contributed by atoms with Gasteiger partial charge in [-0.3, -0.25) is 0 Å². The molecule has 0 heterocycles. The predicted octanol–water partition coefficient (Wildman–Crippen LogP) is 4.25. The quantitative estimate of drug-likeness (QED) is 0.619. The number of allylic oxidation sites excluding steroid dienone is 6. The van der Waals surface area contributed by atoms with Crippen LogP contribution in [0.5, 0.6) is 0 Å². The summed E-state index contributed by atoms with van der Waals surface area (Å²) in [6.45, 7) is 0. The Kier molecular flexibility index (Phi) is 3.84. The minimum absolute atomic E-state index is 1.20. The zero-order valence-corrected chi connectivity index (χ0v) is 9.11. The van der Waals surface area contributed by atoms with Crippen LogP contribution in [-0.4, -0.2) is 0 Å². The Morgan fingerprint density at radius 1 is 0.867 bits per heavy atom. The summed E-state index contributed by atoms with van der Waals surface area (Å²) in [5.41, 5.74) is 2.81. The van der Waals surface area contributed by atoms with Crippen LogP contribution in [0.25, 0.3) is 0 Å². The zero-order valence-electron chi connectivity index (χ0n) is 9.11. The third-order valence-corrected chi connectivity index (χ3v) is 2.87. The molecule has 2 aliphatic rings. The van der Waals surface area contributed by atoms with Gasteiger partial charge in [0, 0.05) is 0 Å². The van der Waals surface area contributed by atoms with E-state index in [0.29, 0.717) is 0 Å².